The smallest absolute Gasteiger partial charge is 0.162 e. The largest absolute Gasteiger partial charge is 0.504 e. The molecule has 0 spiro atoms. The maximum Gasteiger partial charge on any atom is 0.162 e. The Kier molecular flexibility index (Phi) is 5.14. The van der Waals surface area contributed by atoms with Crippen molar-refractivity contribution in [2.75, 3.05) is 7.11 Å². The van der Waals surface area contributed by atoms with Gasteiger partial charge in [0, 0.05) is 24.2 Å². The van der Waals surface area contributed by atoms with E-state index in [1.807, 2.05) is 0 Å². The van der Waals surface area contributed by atoms with Gasteiger partial charge in [0.25, 0.3) is 0 Å². The number of aliphatic hydroxyl groups is 1. The number of hydrogen-bond acceptors (Lipinski definition) is 4. The number of halogens is 1. The van der Waals surface area contributed by atoms with Crippen molar-refractivity contribution >= 4 is 0 Å². The summed E-state index contributed by atoms with van der Waals surface area (Å²) in [5, 5.41) is 22.2. The maximum absolute atomic E-state index is 13.3. The number of aromatic hydroxyl groups is 1. The molecule has 2 aromatic rings. The number of phenolic OH excluding ortho intramolecular Hbond substituents is 1. The van der Waals surface area contributed by atoms with Crippen LogP contribution in [0.3, 0.4) is 0 Å². The van der Waals surface area contributed by atoms with E-state index in [1.54, 1.807) is 30.3 Å². The summed E-state index contributed by atoms with van der Waals surface area (Å²) in [6, 6.07) is 9.91. The molecule has 0 unspecified atom stereocenters. The molecule has 5 heteroatoms. The van der Waals surface area contributed by atoms with Crippen molar-refractivity contribution in [3.8, 4) is 11.5 Å². The van der Waals surface area contributed by atoms with Crippen LogP contribution in [0, 0.1) is 5.82 Å². The lowest BCUT2D eigenvalue weighted by Gasteiger charge is -2.10. The SMILES string of the molecule is COc1cccc(CNCc2ccc(F)c(CO)c2)c1O. The standard InChI is InChI=1S/C16H18FNO3/c1-21-15-4-2-3-12(16(15)20)9-18-8-11-5-6-14(17)13(7-11)10-19/h2-7,18-20H,8-10H2,1H3. The molecule has 0 saturated carbocycles. The minimum Gasteiger partial charge on any atom is -0.504 e. The van der Waals surface area contributed by atoms with Gasteiger partial charge in [0.2, 0.25) is 0 Å². The highest BCUT2D eigenvalue weighted by Crippen LogP contribution is 2.29. The molecule has 0 aliphatic heterocycles. The highest BCUT2D eigenvalue weighted by atomic mass is 19.1. The third-order valence-corrected chi connectivity index (χ3v) is 3.23. The zero-order chi connectivity index (χ0) is 15.2. The van der Waals surface area contributed by atoms with E-state index in [2.05, 4.69) is 5.32 Å². The van der Waals surface area contributed by atoms with E-state index in [0.717, 1.165) is 11.1 Å². The Hall–Kier alpha value is -2.11. The van der Waals surface area contributed by atoms with Crippen LogP contribution in [-0.4, -0.2) is 17.3 Å². The summed E-state index contributed by atoms with van der Waals surface area (Å²) >= 11 is 0. The Morgan fingerprint density at radius 1 is 1.14 bits per heavy atom. The predicted octanol–water partition coefficient (Wildman–Crippen LogP) is 2.32. The molecule has 21 heavy (non-hydrogen) atoms. The first-order chi connectivity index (χ1) is 10.2. The second kappa shape index (κ2) is 7.06. The Labute approximate surface area is 122 Å². The molecule has 0 fully saturated rings. The lowest BCUT2D eigenvalue weighted by Crippen LogP contribution is -2.13. The second-order valence-electron chi connectivity index (χ2n) is 4.66. The number of aliphatic hydroxyl groups excluding tert-OH is 1. The van der Waals surface area contributed by atoms with Gasteiger partial charge in [-0.25, -0.2) is 4.39 Å². The van der Waals surface area contributed by atoms with Crippen molar-refractivity contribution in [3.63, 3.8) is 0 Å². The van der Waals surface area contributed by atoms with Crippen LogP contribution in [-0.2, 0) is 19.7 Å². The van der Waals surface area contributed by atoms with Gasteiger partial charge in [-0.2, -0.15) is 0 Å². The zero-order valence-electron chi connectivity index (χ0n) is 11.8. The Bertz CT molecular complexity index is 616. The molecule has 2 aromatic carbocycles. The van der Waals surface area contributed by atoms with Gasteiger partial charge in [-0.15, -0.1) is 0 Å². The third-order valence-electron chi connectivity index (χ3n) is 3.23. The lowest BCUT2D eigenvalue weighted by atomic mass is 10.1. The van der Waals surface area contributed by atoms with Crippen LogP contribution >= 0.6 is 0 Å². The van der Waals surface area contributed by atoms with E-state index in [1.165, 1.54) is 13.2 Å². The Morgan fingerprint density at radius 2 is 1.95 bits per heavy atom. The molecule has 0 saturated heterocycles. The van der Waals surface area contributed by atoms with Gasteiger partial charge in [0.1, 0.15) is 5.82 Å². The Balaban J connectivity index is 1.98. The number of methoxy groups -OCH3 is 1. The number of rotatable bonds is 6. The minimum absolute atomic E-state index is 0.114. The first kappa shape index (κ1) is 15.3. The van der Waals surface area contributed by atoms with Crippen LogP contribution in [0.1, 0.15) is 16.7 Å². The van der Waals surface area contributed by atoms with Gasteiger partial charge in [-0.05, 0) is 23.8 Å². The summed E-state index contributed by atoms with van der Waals surface area (Å²) in [4.78, 5) is 0. The third kappa shape index (κ3) is 3.71. The quantitative estimate of drug-likeness (QED) is 0.764. The van der Waals surface area contributed by atoms with Crippen molar-refractivity contribution in [1.82, 2.24) is 5.32 Å². The number of hydrogen-bond donors (Lipinski definition) is 3. The number of benzene rings is 2. The van der Waals surface area contributed by atoms with Crippen LogP contribution in [0.5, 0.6) is 11.5 Å². The normalized spacial score (nSPS) is 10.6. The fraction of sp³-hybridized carbons (Fsp3) is 0.250. The van der Waals surface area contributed by atoms with Gasteiger partial charge < -0.3 is 20.3 Å². The van der Waals surface area contributed by atoms with Crippen molar-refractivity contribution in [2.24, 2.45) is 0 Å². The molecular formula is C16H18FNO3. The lowest BCUT2D eigenvalue weighted by molar-refractivity contribution is 0.275. The Morgan fingerprint density at radius 3 is 2.67 bits per heavy atom. The topological polar surface area (TPSA) is 61.7 Å². The number of para-hydroxylation sites is 1. The summed E-state index contributed by atoms with van der Waals surface area (Å²) in [5.41, 5.74) is 1.86. The summed E-state index contributed by atoms with van der Waals surface area (Å²) in [7, 11) is 1.50. The number of phenols is 1. The molecule has 2 rings (SSSR count). The maximum atomic E-state index is 13.3. The number of nitrogens with one attached hydrogen (secondary N) is 1. The van der Waals surface area contributed by atoms with E-state index < -0.39 is 5.82 Å². The van der Waals surface area contributed by atoms with Crippen LogP contribution in [0.25, 0.3) is 0 Å². The highest BCUT2D eigenvalue weighted by Gasteiger charge is 2.07. The predicted molar refractivity (Wildman–Crippen MR) is 77.5 cm³/mol. The fourth-order valence-corrected chi connectivity index (χ4v) is 2.08. The molecule has 0 aliphatic rings. The molecule has 0 radical (unpaired) electrons. The average Bonchev–Trinajstić information content (AvgIpc) is 2.50. The molecule has 3 N–H and O–H groups in total. The summed E-state index contributed by atoms with van der Waals surface area (Å²) < 4.78 is 18.3. The van der Waals surface area contributed by atoms with Crippen molar-refractivity contribution in [3.05, 3.63) is 58.9 Å². The molecule has 112 valence electrons. The summed E-state index contributed by atoms with van der Waals surface area (Å²) in [6.07, 6.45) is 0. The molecule has 0 atom stereocenters. The summed E-state index contributed by atoms with van der Waals surface area (Å²) in [5.74, 6) is 0.132. The van der Waals surface area contributed by atoms with Gasteiger partial charge >= 0.3 is 0 Å². The van der Waals surface area contributed by atoms with E-state index in [9.17, 15) is 9.50 Å². The molecule has 0 bridgehead atoms. The van der Waals surface area contributed by atoms with Crippen molar-refractivity contribution < 1.29 is 19.3 Å². The monoisotopic (exact) mass is 291 g/mol. The fourth-order valence-electron chi connectivity index (χ4n) is 2.08. The van der Waals surface area contributed by atoms with Crippen LogP contribution in [0.15, 0.2) is 36.4 Å². The van der Waals surface area contributed by atoms with Gasteiger partial charge in [0.05, 0.1) is 13.7 Å². The summed E-state index contributed by atoms with van der Waals surface area (Å²) in [6.45, 7) is 0.634. The first-order valence-electron chi connectivity index (χ1n) is 6.59. The van der Waals surface area contributed by atoms with E-state index in [0.29, 0.717) is 18.8 Å². The molecule has 4 nitrogen and oxygen atoms in total. The average molecular weight is 291 g/mol. The van der Waals surface area contributed by atoms with Crippen molar-refractivity contribution in [1.29, 1.82) is 0 Å². The van der Waals surface area contributed by atoms with Gasteiger partial charge in [-0.3, -0.25) is 0 Å². The zero-order valence-corrected chi connectivity index (χ0v) is 11.8. The highest BCUT2D eigenvalue weighted by molar-refractivity contribution is 5.45. The minimum atomic E-state index is -0.410. The molecular weight excluding hydrogens is 273 g/mol. The first-order valence-corrected chi connectivity index (χ1v) is 6.59. The van der Waals surface area contributed by atoms with E-state index in [-0.39, 0.29) is 17.9 Å². The van der Waals surface area contributed by atoms with E-state index in [4.69, 9.17) is 9.84 Å². The molecule has 0 amide bonds. The van der Waals surface area contributed by atoms with Crippen LogP contribution in [0.4, 0.5) is 4.39 Å². The van der Waals surface area contributed by atoms with E-state index >= 15 is 0 Å². The van der Waals surface area contributed by atoms with Gasteiger partial charge in [-0.1, -0.05) is 18.2 Å². The van der Waals surface area contributed by atoms with Crippen LogP contribution in [0.2, 0.25) is 0 Å². The second-order valence-corrected chi connectivity index (χ2v) is 4.66. The molecule has 0 aromatic heterocycles. The molecule has 0 aliphatic carbocycles. The van der Waals surface area contributed by atoms with Gasteiger partial charge in [0.15, 0.2) is 11.5 Å². The van der Waals surface area contributed by atoms with Crippen LogP contribution < -0.4 is 10.1 Å². The number of ether oxygens (including phenoxy) is 1. The van der Waals surface area contributed by atoms with Crippen molar-refractivity contribution in [2.45, 2.75) is 19.7 Å². The molecule has 0 heterocycles.